The van der Waals surface area contributed by atoms with Crippen LogP contribution in [0, 0.1) is 17.0 Å². The molecule has 0 fully saturated rings. The molecule has 0 bridgehead atoms. The van der Waals surface area contributed by atoms with Gasteiger partial charge in [-0.3, -0.25) is 15.1 Å². The van der Waals surface area contributed by atoms with E-state index in [1.165, 1.54) is 19.4 Å². The quantitative estimate of drug-likeness (QED) is 0.279. The number of benzene rings is 3. The highest BCUT2D eigenvalue weighted by atomic mass is 16.6. The maximum Gasteiger partial charge on any atom is 0.274 e. The second-order valence-electron chi connectivity index (χ2n) is 6.59. The lowest BCUT2D eigenvalue weighted by Crippen LogP contribution is -1.94. The Labute approximate surface area is 171 Å². The van der Waals surface area contributed by atoms with Crippen LogP contribution in [0.25, 0.3) is 22.6 Å². The zero-order valence-electron chi connectivity index (χ0n) is 16.2. The molecule has 0 amide bonds. The summed E-state index contributed by atoms with van der Waals surface area (Å²) in [5.41, 5.74) is 3.72. The maximum atomic E-state index is 11.1. The predicted octanol–water partition coefficient (Wildman–Crippen LogP) is 5.18. The molecule has 1 N–H and O–H groups in total. The lowest BCUT2D eigenvalue weighted by molar-refractivity contribution is -0.385. The molecule has 30 heavy (non-hydrogen) atoms. The fourth-order valence-corrected chi connectivity index (χ4v) is 3.04. The summed E-state index contributed by atoms with van der Waals surface area (Å²) in [6.07, 6.45) is 1.34. The number of phenols is 1. The zero-order valence-corrected chi connectivity index (χ0v) is 16.2. The van der Waals surface area contributed by atoms with Crippen LogP contribution in [0.4, 0.5) is 11.4 Å². The summed E-state index contributed by atoms with van der Waals surface area (Å²) in [4.78, 5) is 19.4. The number of aryl methyl sites for hydroxylation is 1. The highest BCUT2D eigenvalue weighted by molar-refractivity contribution is 5.89. The molecule has 4 aromatic rings. The first-order valence-electron chi connectivity index (χ1n) is 9.02. The number of rotatable bonds is 5. The van der Waals surface area contributed by atoms with Crippen LogP contribution >= 0.6 is 0 Å². The highest BCUT2D eigenvalue weighted by Gasteiger charge is 2.16. The average molecular weight is 403 g/mol. The number of oxazole rings is 1. The Balaban J connectivity index is 1.69. The number of non-ortho nitro benzene ring substituents is 1. The molecule has 0 saturated heterocycles. The van der Waals surface area contributed by atoms with Crippen molar-refractivity contribution in [2.24, 2.45) is 4.99 Å². The molecule has 0 aliphatic rings. The Morgan fingerprint density at radius 1 is 1.20 bits per heavy atom. The van der Waals surface area contributed by atoms with Crippen LogP contribution in [0.2, 0.25) is 0 Å². The van der Waals surface area contributed by atoms with Crippen LogP contribution in [-0.4, -0.2) is 28.3 Å². The van der Waals surface area contributed by atoms with Gasteiger partial charge in [0.1, 0.15) is 5.52 Å². The topological polar surface area (TPSA) is 111 Å². The number of aromatic nitrogens is 1. The third-order valence-corrected chi connectivity index (χ3v) is 4.62. The van der Waals surface area contributed by atoms with Gasteiger partial charge in [-0.2, -0.15) is 0 Å². The van der Waals surface area contributed by atoms with E-state index in [2.05, 4.69) is 9.98 Å². The van der Waals surface area contributed by atoms with E-state index in [-0.39, 0.29) is 22.7 Å². The van der Waals surface area contributed by atoms with E-state index < -0.39 is 4.92 Å². The van der Waals surface area contributed by atoms with Crippen molar-refractivity contribution in [1.29, 1.82) is 0 Å². The summed E-state index contributed by atoms with van der Waals surface area (Å²) in [7, 11) is 1.32. The minimum atomic E-state index is -0.562. The van der Waals surface area contributed by atoms with Crippen molar-refractivity contribution in [3.05, 3.63) is 75.8 Å². The van der Waals surface area contributed by atoms with Gasteiger partial charge >= 0.3 is 0 Å². The van der Waals surface area contributed by atoms with Gasteiger partial charge in [0.25, 0.3) is 5.69 Å². The summed E-state index contributed by atoms with van der Waals surface area (Å²) in [5.74, 6) is 0.293. The predicted molar refractivity (Wildman–Crippen MR) is 113 cm³/mol. The number of phenolic OH excluding ortho intramolecular Hbond substituents is 1. The van der Waals surface area contributed by atoms with Crippen LogP contribution in [0.1, 0.15) is 11.1 Å². The molecular weight excluding hydrogens is 386 g/mol. The van der Waals surface area contributed by atoms with E-state index in [1.54, 1.807) is 18.2 Å². The Bertz CT molecular complexity index is 1290. The fraction of sp³-hybridized carbons (Fsp3) is 0.0909. The number of nitro groups is 1. The zero-order chi connectivity index (χ0) is 21.3. The summed E-state index contributed by atoms with van der Waals surface area (Å²) in [6.45, 7) is 1.99. The molecule has 0 spiro atoms. The third-order valence-electron chi connectivity index (χ3n) is 4.62. The SMILES string of the molecule is COc1cc([N+](=O)[O-])cc(C=Nc2ccc3oc(-c4ccccc4C)nc3c2)c1O. The van der Waals surface area contributed by atoms with E-state index in [9.17, 15) is 15.2 Å². The first kappa shape index (κ1) is 19.1. The van der Waals surface area contributed by atoms with E-state index in [1.807, 2.05) is 31.2 Å². The Morgan fingerprint density at radius 3 is 2.73 bits per heavy atom. The van der Waals surface area contributed by atoms with Gasteiger partial charge in [0.05, 0.1) is 23.8 Å². The smallest absolute Gasteiger partial charge is 0.274 e. The van der Waals surface area contributed by atoms with Crippen LogP contribution in [0.15, 0.2) is 64.0 Å². The van der Waals surface area contributed by atoms with Gasteiger partial charge in [-0.15, -0.1) is 0 Å². The second kappa shape index (κ2) is 7.67. The Kier molecular flexibility index (Phi) is 4.89. The molecule has 8 heteroatoms. The number of fused-ring (bicyclic) bond motifs is 1. The maximum absolute atomic E-state index is 11.1. The summed E-state index contributed by atoms with van der Waals surface area (Å²) >= 11 is 0. The molecule has 3 aromatic carbocycles. The number of hydrogen-bond acceptors (Lipinski definition) is 7. The van der Waals surface area contributed by atoms with Gasteiger partial charge in [-0.25, -0.2) is 4.98 Å². The van der Waals surface area contributed by atoms with E-state index >= 15 is 0 Å². The van der Waals surface area contributed by atoms with Gasteiger partial charge in [-0.1, -0.05) is 18.2 Å². The van der Waals surface area contributed by atoms with Crippen molar-refractivity contribution in [3.63, 3.8) is 0 Å². The van der Waals surface area contributed by atoms with Crippen molar-refractivity contribution in [2.75, 3.05) is 7.11 Å². The van der Waals surface area contributed by atoms with Crippen LogP contribution in [-0.2, 0) is 0 Å². The largest absolute Gasteiger partial charge is 0.504 e. The number of ether oxygens (including phenoxy) is 1. The molecule has 0 saturated carbocycles. The Hall–Kier alpha value is -4.20. The van der Waals surface area contributed by atoms with Crippen molar-refractivity contribution < 1.29 is 19.2 Å². The molecule has 1 heterocycles. The van der Waals surface area contributed by atoms with E-state index in [0.29, 0.717) is 22.7 Å². The molecule has 1 aromatic heterocycles. The molecule has 4 rings (SSSR count). The first-order chi connectivity index (χ1) is 14.5. The third kappa shape index (κ3) is 3.58. The second-order valence-corrected chi connectivity index (χ2v) is 6.59. The highest BCUT2D eigenvalue weighted by Crippen LogP contribution is 2.34. The molecule has 0 atom stereocenters. The molecule has 0 unspecified atom stereocenters. The lowest BCUT2D eigenvalue weighted by atomic mass is 10.1. The molecular formula is C22H17N3O5. The van der Waals surface area contributed by atoms with E-state index in [4.69, 9.17) is 9.15 Å². The number of aliphatic imine (C=N–C) groups is 1. The van der Waals surface area contributed by atoms with Gasteiger partial charge in [0.2, 0.25) is 5.89 Å². The van der Waals surface area contributed by atoms with Crippen molar-refractivity contribution in [3.8, 4) is 23.0 Å². The molecule has 0 aliphatic heterocycles. The number of hydrogen-bond donors (Lipinski definition) is 1. The van der Waals surface area contributed by atoms with Crippen molar-refractivity contribution in [2.45, 2.75) is 6.92 Å². The normalized spacial score (nSPS) is 11.3. The van der Waals surface area contributed by atoms with Gasteiger partial charge in [-0.05, 0) is 36.8 Å². The molecule has 0 radical (unpaired) electrons. The number of nitrogens with zero attached hydrogens (tertiary/aromatic N) is 3. The first-order valence-corrected chi connectivity index (χ1v) is 9.02. The molecule has 0 aliphatic carbocycles. The number of aromatic hydroxyl groups is 1. The lowest BCUT2D eigenvalue weighted by Gasteiger charge is -2.05. The molecule has 8 nitrogen and oxygen atoms in total. The van der Waals surface area contributed by atoms with Crippen LogP contribution < -0.4 is 4.74 Å². The standard InChI is InChI=1S/C22H17N3O5/c1-13-5-3-4-6-17(13)22-24-18-10-15(7-8-19(18)30-22)23-12-14-9-16(25(27)28)11-20(29-2)21(14)26/h3-12,26H,1-2H3. The summed E-state index contributed by atoms with van der Waals surface area (Å²) in [6, 6.07) is 15.4. The summed E-state index contributed by atoms with van der Waals surface area (Å²) in [5, 5.41) is 21.3. The molecule has 150 valence electrons. The number of nitro benzene ring substituents is 1. The number of methoxy groups -OCH3 is 1. The van der Waals surface area contributed by atoms with Gasteiger partial charge < -0.3 is 14.3 Å². The minimum Gasteiger partial charge on any atom is -0.504 e. The average Bonchev–Trinajstić information content (AvgIpc) is 3.16. The van der Waals surface area contributed by atoms with Crippen LogP contribution in [0.3, 0.4) is 0 Å². The van der Waals surface area contributed by atoms with E-state index in [0.717, 1.165) is 17.2 Å². The van der Waals surface area contributed by atoms with Crippen molar-refractivity contribution in [1.82, 2.24) is 4.98 Å². The summed E-state index contributed by atoms with van der Waals surface area (Å²) < 4.78 is 10.9. The van der Waals surface area contributed by atoms with Crippen molar-refractivity contribution >= 4 is 28.7 Å². The Morgan fingerprint density at radius 2 is 2.00 bits per heavy atom. The van der Waals surface area contributed by atoms with Gasteiger partial charge in [0, 0.05) is 23.4 Å². The monoisotopic (exact) mass is 403 g/mol. The van der Waals surface area contributed by atoms with Gasteiger partial charge in [0.15, 0.2) is 17.1 Å². The van der Waals surface area contributed by atoms with Crippen LogP contribution in [0.5, 0.6) is 11.5 Å². The fourth-order valence-electron chi connectivity index (χ4n) is 3.04. The minimum absolute atomic E-state index is 0.000441.